The van der Waals surface area contributed by atoms with Crippen molar-refractivity contribution in [3.05, 3.63) is 63.5 Å². The number of benzene rings is 1. The lowest BCUT2D eigenvalue weighted by atomic mass is 9.90. The predicted molar refractivity (Wildman–Crippen MR) is 139 cm³/mol. The van der Waals surface area contributed by atoms with Crippen LogP contribution in [-0.2, 0) is 7.05 Å². The van der Waals surface area contributed by atoms with E-state index in [9.17, 15) is 4.79 Å². The summed E-state index contributed by atoms with van der Waals surface area (Å²) in [6.07, 6.45) is 5.45. The van der Waals surface area contributed by atoms with E-state index in [2.05, 4.69) is 33.1 Å². The Bertz CT molecular complexity index is 1170. The summed E-state index contributed by atoms with van der Waals surface area (Å²) >= 11 is 0. The molecule has 0 saturated carbocycles. The van der Waals surface area contributed by atoms with E-state index < -0.39 is 0 Å². The lowest BCUT2D eigenvalue weighted by Crippen LogP contribution is -2.27. The van der Waals surface area contributed by atoms with Crippen molar-refractivity contribution in [3.8, 4) is 0 Å². The maximum absolute atomic E-state index is 15.3. The third-order valence-electron chi connectivity index (χ3n) is 6.64. The van der Waals surface area contributed by atoms with Gasteiger partial charge in [-0.05, 0) is 43.0 Å². The maximum atomic E-state index is 15.3. The van der Waals surface area contributed by atoms with Crippen molar-refractivity contribution >= 4 is 26.1 Å². The van der Waals surface area contributed by atoms with Gasteiger partial charge in [0.05, 0.1) is 11.4 Å². The summed E-state index contributed by atoms with van der Waals surface area (Å²) in [5, 5.41) is 0.817. The average Bonchev–Trinajstić information content (AvgIpc) is 2.80. The van der Waals surface area contributed by atoms with Gasteiger partial charge in [0.1, 0.15) is 23.6 Å². The number of aromatic nitrogens is 3. The number of anilines is 1. The number of hydrogen-bond donors (Lipinski definition) is 0. The van der Waals surface area contributed by atoms with Gasteiger partial charge in [-0.1, -0.05) is 51.8 Å². The monoisotopic (exact) mass is 470 g/mol. The Balaban J connectivity index is 2.15. The largest absolute Gasteiger partial charge is 0.352 e. The molecule has 1 aromatic carbocycles. The van der Waals surface area contributed by atoms with E-state index >= 15 is 4.39 Å². The molecular formula is C26H36FN4OP. The fourth-order valence-electron chi connectivity index (χ4n) is 4.64. The molecule has 3 rings (SSSR count). The summed E-state index contributed by atoms with van der Waals surface area (Å²) < 4.78 is 16.9. The molecule has 3 atom stereocenters. The highest BCUT2D eigenvalue weighted by atomic mass is 31.0. The van der Waals surface area contributed by atoms with Gasteiger partial charge in [-0.25, -0.2) is 14.4 Å². The molecule has 2 heterocycles. The second-order valence-corrected chi connectivity index (χ2v) is 10.00. The van der Waals surface area contributed by atoms with E-state index in [0.717, 1.165) is 36.6 Å². The number of hydrogen-bond acceptors (Lipinski definition) is 4. The Morgan fingerprint density at radius 1 is 1.09 bits per heavy atom. The minimum absolute atomic E-state index is 0.00271. The number of nitrogens with zero attached hydrogens (tertiary/aromatic N) is 4. The van der Waals surface area contributed by atoms with Crippen LogP contribution in [0.3, 0.4) is 0 Å². The van der Waals surface area contributed by atoms with E-state index in [0.29, 0.717) is 22.6 Å². The van der Waals surface area contributed by atoms with E-state index in [1.165, 1.54) is 6.33 Å². The lowest BCUT2D eigenvalue weighted by Gasteiger charge is -2.28. The van der Waals surface area contributed by atoms with Crippen LogP contribution in [0.15, 0.2) is 35.4 Å². The normalized spacial score (nSPS) is 13.5. The first kappa shape index (κ1) is 25.3. The van der Waals surface area contributed by atoms with E-state index in [-0.39, 0.29) is 29.0 Å². The molecule has 0 aliphatic heterocycles. The van der Waals surface area contributed by atoms with Gasteiger partial charge < -0.3 is 4.90 Å². The Labute approximate surface area is 198 Å². The zero-order valence-corrected chi connectivity index (χ0v) is 21.8. The van der Waals surface area contributed by atoms with Crippen molar-refractivity contribution in [2.24, 2.45) is 7.05 Å². The third kappa shape index (κ3) is 4.96. The van der Waals surface area contributed by atoms with Crippen molar-refractivity contribution < 1.29 is 4.39 Å². The minimum Gasteiger partial charge on any atom is -0.352 e. The SMILES string of the molecule is CCCC(CCC)c1cc2c(N(C)[C@H](C)c3cccc(C(C)P)c3F)ncnc2n(C)c1=O. The second-order valence-electron chi connectivity index (χ2n) is 9.00. The standard InChI is InChI=1S/C26H36FN4OP/c1-7-10-18(11-8-2)21-14-22-24(28-15-29-25(22)31(6)26(21)32)30(5)16(3)19-12-9-13-20(17(4)33)23(19)27/h9,12-18H,7-8,10-11,33H2,1-6H3/t16-,17?/m1/s1. The number of rotatable bonds is 9. The molecular weight excluding hydrogens is 434 g/mol. The van der Waals surface area contributed by atoms with Crippen LogP contribution in [-0.4, -0.2) is 21.6 Å². The molecule has 33 heavy (non-hydrogen) atoms. The maximum Gasteiger partial charge on any atom is 0.255 e. The molecule has 0 saturated heterocycles. The van der Waals surface area contributed by atoms with Gasteiger partial charge in [0.25, 0.3) is 5.56 Å². The zero-order valence-electron chi connectivity index (χ0n) is 20.6. The van der Waals surface area contributed by atoms with Crippen molar-refractivity contribution in [1.29, 1.82) is 0 Å². The van der Waals surface area contributed by atoms with Crippen LogP contribution in [0.5, 0.6) is 0 Å². The third-order valence-corrected chi connectivity index (χ3v) is 7.00. The first-order valence-electron chi connectivity index (χ1n) is 11.8. The van der Waals surface area contributed by atoms with Crippen LogP contribution in [0.1, 0.15) is 87.7 Å². The molecule has 0 radical (unpaired) electrons. The molecule has 2 unspecified atom stereocenters. The summed E-state index contributed by atoms with van der Waals surface area (Å²) in [5.41, 5.74) is 2.73. The highest BCUT2D eigenvalue weighted by molar-refractivity contribution is 7.17. The predicted octanol–water partition coefficient (Wildman–Crippen LogP) is 6.28. The summed E-state index contributed by atoms with van der Waals surface area (Å²) in [6, 6.07) is 7.28. The van der Waals surface area contributed by atoms with Crippen LogP contribution in [0.4, 0.5) is 10.2 Å². The molecule has 0 bridgehead atoms. The molecule has 0 aliphatic carbocycles. The van der Waals surface area contributed by atoms with Gasteiger partial charge >= 0.3 is 0 Å². The number of pyridine rings is 1. The van der Waals surface area contributed by atoms with Crippen LogP contribution in [0.2, 0.25) is 0 Å². The fourth-order valence-corrected chi connectivity index (χ4v) is 4.90. The summed E-state index contributed by atoms with van der Waals surface area (Å²) in [5.74, 6) is 0.716. The number of fused-ring (bicyclic) bond motifs is 1. The second kappa shape index (κ2) is 10.7. The number of aryl methyl sites for hydroxylation is 1. The lowest BCUT2D eigenvalue weighted by molar-refractivity contribution is 0.553. The van der Waals surface area contributed by atoms with Crippen LogP contribution < -0.4 is 10.5 Å². The van der Waals surface area contributed by atoms with Gasteiger partial charge in [-0.15, -0.1) is 9.24 Å². The Hall–Kier alpha value is -2.33. The highest BCUT2D eigenvalue weighted by Gasteiger charge is 2.24. The zero-order chi connectivity index (χ0) is 24.3. The van der Waals surface area contributed by atoms with Crippen molar-refractivity contribution in [2.75, 3.05) is 11.9 Å². The first-order valence-corrected chi connectivity index (χ1v) is 12.5. The van der Waals surface area contributed by atoms with E-state index in [1.807, 2.05) is 50.1 Å². The average molecular weight is 471 g/mol. The molecule has 0 fully saturated rings. The Kier molecular flexibility index (Phi) is 8.23. The van der Waals surface area contributed by atoms with Gasteiger partial charge in [0.2, 0.25) is 0 Å². The summed E-state index contributed by atoms with van der Waals surface area (Å²) in [4.78, 5) is 24.2. The van der Waals surface area contributed by atoms with Crippen LogP contribution in [0, 0.1) is 5.82 Å². The Morgan fingerprint density at radius 3 is 2.33 bits per heavy atom. The summed E-state index contributed by atoms with van der Waals surface area (Å²) in [7, 11) is 6.35. The van der Waals surface area contributed by atoms with Crippen molar-refractivity contribution in [3.63, 3.8) is 0 Å². The van der Waals surface area contributed by atoms with E-state index in [4.69, 9.17) is 0 Å². The first-order chi connectivity index (χ1) is 15.7. The van der Waals surface area contributed by atoms with Gasteiger partial charge in [-0.3, -0.25) is 9.36 Å². The van der Waals surface area contributed by atoms with Crippen LogP contribution in [0.25, 0.3) is 11.0 Å². The Morgan fingerprint density at radius 2 is 1.73 bits per heavy atom. The summed E-state index contributed by atoms with van der Waals surface area (Å²) in [6.45, 7) is 8.24. The van der Waals surface area contributed by atoms with Gasteiger partial charge in [0, 0.05) is 25.2 Å². The fraction of sp³-hybridized carbons (Fsp3) is 0.500. The van der Waals surface area contributed by atoms with Gasteiger partial charge in [0.15, 0.2) is 0 Å². The minimum atomic E-state index is -0.255. The van der Waals surface area contributed by atoms with Crippen molar-refractivity contribution in [1.82, 2.24) is 14.5 Å². The molecule has 2 aromatic heterocycles. The van der Waals surface area contributed by atoms with Gasteiger partial charge in [-0.2, -0.15) is 0 Å². The molecule has 7 heteroatoms. The topological polar surface area (TPSA) is 51.0 Å². The van der Waals surface area contributed by atoms with Crippen LogP contribution >= 0.6 is 9.24 Å². The molecule has 3 aromatic rings. The van der Waals surface area contributed by atoms with Crippen molar-refractivity contribution in [2.45, 2.75) is 71.0 Å². The highest BCUT2D eigenvalue weighted by Crippen LogP contribution is 2.34. The quantitative estimate of drug-likeness (QED) is 0.345. The van der Waals surface area contributed by atoms with E-state index in [1.54, 1.807) is 11.6 Å². The smallest absolute Gasteiger partial charge is 0.255 e. The number of halogens is 1. The molecule has 0 amide bonds. The molecule has 0 spiro atoms. The molecule has 0 aliphatic rings. The molecule has 5 nitrogen and oxygen atoms in total. The molecule has 178 valence electrons. The molecule has 0 N–H and O–H groups in total.